The molecule has 1 rings (SSSR count). The van der Waals surface area contributed by atoms with Gasteiger partial charge in [-0.3, -0.25) is 0 Å². The van der Waals surface area contributed by atoms with Crippen molar-refractivity contribution in [1.29, 1.82) is 0 Å². The standard InChI is InChI=1S/C5H5.2CH3.BrH.2H3Si.Ti/c1-2-4-5-3-1;;;;;;/h1-3H,4H2;2*1H3;1H;2*1H3;. The second-order valence-corrected chi connectivity index (χ2v) is 55.9. The van der Waals surface area contributed by atoms with E-state index in [2.05, 4.69) is 28.7 Å². The van der Waals surface area contributed by atoms with E-state index in [1.807, 2.05) is 3.88 Å². The molecular weight excluding hydrogens is 268 g/mol. The Morgan fingerprint density at radius 1 is 1.36 bits per heavy atom. The first-order valence-corrected chi connectivity index (χ1v) is 19.2. The van der Waals surface area contributed by atoms with Crippen molar-refractivity contribution < 1.29 is 13.8 Å². The first-order chi connectivity index (χ1) is 4.36. The van der Waals surface area contributed by atoms with Gasteiger partial charge in [0.05, 0.1) is 0 Å². The zero-order valence-corrected chi connectivity index (χ0v) is 15.1. The summed E-state index contributed by atoms with van der Waals surface area (Å²) in [5.74, 6) is 0. The summed E-state index contributed by atoms with van der Waals surface area (Å²) >= 11 is -1.74. The molecule has 0 bridgehead atoms. The Kier molecular flexibility index (Phi) is 3.81. The molecule has 0 atom stereocenters. The van der Waals surface area contributed by atoms with Crippen molar-refractivity contribution in [2.45, 2.75) is 16.9 Å². The van der Waals surface area contributed by atoms with Crippen molar-refractivity contribution in [1.82, 2.24) is 0 Å². The van der Waals surface area contributed by atoms with Gasteiger partial charge < -0.3 is 0 Å². The summed E-state index contributed by atoms with van der Waals surface area (Å²) in [5, 5.41) is 5.18. The molecule has 0 N–H and O–H groups in total. The molecule has 0 saturated heterocycles. The minimum absolute atomic E-state index is 0. The van der Waals surface area contributed by atoms with Gasteiger partial charge in [0.25, 0.3) is 0 Å². The van der Waals surface area contributed by atoms with Gasteiger partial charge in [-0.25, -0.2) is 0 Å². The molecule has 0 aliphatic heterocycles. The topological polar surface area (TPSA) is 0 Å². The van der Waals surface area contributed by atoms with Crippen LogP contribution >= 0.6 is 17.0 Å². The van der Waals surface area contributed by atoms with Gasteiger partial charge in [0.1, 0.15) is 0 Å². The Balaban J connectivity index is 0.000001000. The molecule has 0 aromatic carbocycles. The Morgan fingerprint density at radius 2 is 1.91 bits per heavy atom. The Morgan fingerprint density at radius 3 is 2.09 bits per heavy atom. The molecule has 0 aromatic heterocycles. The SMILES string of the molecule is Br.[CH3][Ti]([CH3])([SiH3])([SiH3])[C]1=CC=CC1. The summed E-state index contributed by atoms with van der Waals surface area (Å²) in [6.45, 7) is 0. The molecule has 0 saturated carbocycles. The Hall–Kier alpha value is 1.11. The van der Waals surface area contributed by atoms with E-state index in [4.69, 9.17) is 0 Å². The van der Waals surface area contributed by atoms with Gasteiger partial charge in [0, 0.05) is 0 Å². The molecule has 0 heterocycles. The van der Waals surface area contributed by atoms with Crippen LogP contribution in [-0.2, 0) is 13.8 Å². The molecule has 0 nitrogen and oxygen atoms in total. The summed E-state index contributed by atoms with van der Waals surface area (Å²) in [5.41, 5.74) is 0. The van der Waals surface area contributed by atoms with Gasteiger partial charge >= 0.3 is 69.0 Å². The van der Waals surface area contributed by atoms with Crippen LogP contribution in [-0.4, -0.2) is 16.2 Å². The quantitative estimate of drug-likeness (QED) is 0.624. The van der Waals surface area contributed by atoms with Crippen molar-refractivity contribution >= 4 is 33.2 Å². The summed E-state index contributed by atoms with van der Waals surface area (Å²) in [6, 6.07) is 0. The average Bonchev–Trinajstić information content (AvgIpc) is 2.04. The number of halogens is 1. The second-order valence-electron chi connectivity index (χ2n) is 5.32. The van der Waals surface area contributed by atoms with Crippen molar-refractivity contribution in [3.63, 3.8) is 0 Å². The van der Waals surface area contributed by atoms with E-state index in [1.54, 1.807) is 0 Å². The van der Waals surface area contributed by atoms with Gasteiger partial charge in [-0.15, -0.1) is 17.0 Å². The number of rotatable bonds is 1. The molecular formula is C7H18BrSi2Ti. The summed E-state index contributed by atoms with van der Waals surface area (Å²) in [7, 11) is 2.95. The van der Waals surface area contributed by atoms with Crippen LogP contribution in [0.1, 0.15) is 6.42 Å². The molecule has 0 radical (unpaired) electrons. The van der Waals surface area contributed by atoms with E-state index in [9.17, 15) is 0 Å². The van der Waals surface area contributed by atoms with Crippen LogP contribution in [0.15, 0.2) is 22.1 Å². The molecule has 0 spiro atoms. The third kappa shape index (κ3) is 3.55. The van der Waals surface area contributed by atoms with E-state index in [0.717, 1.165) is 0 Å². The maximum atomic E-state index is 2.59. The zero-order chi connectivity index (χ0) is 7.85. The third-order valence-electron chi connectivity index (χ3n) is 2.06. The second kappa shape index (κ2) is 3.46. The fourth-order valence-corrected chi connectivity index (χ4v) is 6.90. The van der Waals surface area contributed by atoms with Crippen LogP contribution in [0.2, 0.25) is 10.5 Å². The molecule has 0 fully saturated rings. The molecule has 65 valence electrons. The average molecular weight is 286 g/mol. The van der Waals surface area contributed by atoms with E-state index in [-0.39, 0.29) is 17.0 Å². The van der Waals surface area contributed by atoms with Crippen molar-refractivity contribution in [3.8, 4) is 0 Å². The van der Waals surface area contributed by atoms with Crippen LogP contribution in [0.4, 0.5) is 0 Å². The van der Waals surface area contributed by atoms with Gasteiger partial charge in [-0.1, -0.05) is 0 Å². The monoisotopic (exact) mass is 285 g/mol. The summed E-state index contributed by atoms with van der Waals surface area (Å²) in [4.78, 5) is 0. The first-order valence-electron chi connectivity index (χ1n) is 3.97. The normalized spacial score (nSPS) is 20.5. The fourth-order valence-electron chi connectivity index (χ4n) is 1.19. The van der Waals surface area contributed by atoms with Crippen molar-refractivity contribution in [2.24, 2.45) is 0 Å². The molecule has 4 heteroatoms. The summed E-state index contributed by atoms with van der Waals surface area (Å²) < 4.78 is 1.84. The number of hydrogen-bond donors (Lipinski definition) is 0. The predicted molar refractivity (Wildman–Crippen MR) is 63.8 cm³/mol. The molecule has 0 unspecified atom stereocenters. The zero-order valence-electron chi connectivity index (χ0n) is 7.85. The predicted octanol–water partition coefficient (Wildman–Crippen LogP) is 0.755. The van der Waals surface area contributed by atoms with E-state index in [0.29, 0.717) is 0 Å². The minimum atomic E-state index is -1.74. The Bertz CT molecular complexity index is 203. The molecule has 11 heavy (non-hydrogen) atoms. The van der Waals surface area contributed by atoms with E-state index < -0.39 is 13.8 Å². The van der Waals surface area contributed by atoms with Crippen LogP contribution in [0.3, 0.4) is 0 Å². The van der Waals surface area contributed by atoms with Gasteiger partial charge in [-0.05, 0) is 0 Å². The van der Waals surface area contributed by atoms with Gasteiger partial charge in [-0.2, -0.15) is 0 Å². The van der Waals surface area contributed by atoms with Crippen LogP contribution in [0.25, 0.3) is 0 Å². The Labute approximate surface area is 85.4 Å². The maximum absolute atomic E-state index is 2.59. The fraction of sp³-hybridized carbons (Fsp3) is 0.429. The van der Waals surface area contributed by atoms with E-state index >= 15 is 0 Å². The van der Waals surface area contributed by atoms with Gasteiger partial charge in [0.15, 0.2) is 0 Å². The molecule has 1 aliphatic carbocycles. The number of hydrogen-bond acceptors (Lipinski definition) is 0. The molecule has 0 aromatic rings. The van der Waals surface area contributed by atoms with Crippen LogP contribution < -0.4 is 0 Å². The van der Waals surface area contributed by atoms with Crippen molar-refractivity contribution in [2.75, 3.05) is 0 Å². The van der Waals surface area contributed by atoms with Crippen LogP contribution in [0, 0.1) is 0 Å². The van der Waals surface area contributed by atoms with E-state index in [1.165, 1.54) is 22.6 Å². The van der Waals surface area contributed by atoms with Gasteiger partial charge in [0.2, 0.25) is 0 Å². The third-order valence-corrected chi connectivity index (χ3v) is 11.9. The summed E-state index contributed by atoms with van der Waals surface area (Å²) in [6.07, 6.45) is 8.22. The van der Waals surface area contributed by atoms with Crippen molar-refractivity contribution in [3.05, 3.63) is 22.1 Å². The first kappa shape index (κ1) is 12.1. The molecule has 1 aliphatic rings. The van der Waals surface area contributed by atoms with Crippen LogP contribution in [0.5, 0.6) is 0 Å². The number of allylic oxidation sites excluding steroid dienone is 4. The molecule has 0 amide bonds.